The molecule has 0 saturated carbocycles. The third-order valence-electron chi connectivity index (χ3n) is 4.82. The molecule has 148 valence electrons. The van der Waals surface area contributed by atoms with Crippen LogP contribution in [0.25, 0.3) is 16.9 Å². The summed E-state index contributed by atoms with van der Waals surface area (Å²) in [6.45, 7) is 3.71. The third-order valence-corrected chi connectivity index (χ3v) is 5.11. The number of nitrogens with zero attached hydrogens (tertiary/aromatic N) is 2. The highest BCUT2D eigenvalue weighted by Crippen LogP contribution is 2.33. The number of carbonyl (C=O) groups is 1. The lowest BCUT2D eigenvalue weighted by Gasteiger charge is -2.14. The Balaban J connectivity index is 1.95. The molecule has 1 atom stereocenters. The van der Waals surface area contributed by atoms with Gasteiger partial charge in [-0.25, -0.2) is 4.98 Å². The Bertz CT molecular complexity index is 1010. The first-order chi connectivity index (χ1) is 13.3. The Morgan fingerprint density at radius 1 is 1.36 bits per heavy atom. The molecule has 1 aromatic carbocycles. The van der Waals surface area contributed by atoms with Gasteiger partial charge in [-0.3, -0.25) is 4.79 Å². The minimum Gasteiger partial charge on any atom is -0.495 e. The molecule has 0 radical (unpaired) electrons. The highest BCUT2D eigenvalue weighted by molar-refractivity contribution is 6.32. The maximum atomic E-state index is 12.3. The fraction of sp³-hybridized carbons (Fsp3) is 0.333. The van der Waals surface area contributed by atoms with Gasteiger partial charge in [0, 0.05) is 24.4 Å². The van der Waals surface area contributed by atoms with Gasteiger partial charge in [-0.15, -0.1) is 0 Å². The number of aromatic nitrogens is 2. The summed E-state index contributed by atoms with van der Waals surface area (Å²) in [5.41, 5.74) is 9.60. The van der Waals surface area contributed by atoms with Crippen LogP contribution >= 0.6 is 11.6 Å². The lowest BCUT2D eigenvalue weighted by Crippen LogP contribution is -2.36. The largest absolute Gasteiger partial charge is 0.495 e. The van der Waals surface area contributed by atoms with E-state index in [0.29, 0.717) is 27.7 Å². The van der Waals surface area contributed by atoms with Gasteiger partial charge in [-0.2, -0.15) is 0 Å². The van der Waals surface area contributed by atoms with Crippen molar-refractivity contribution in [3.8, 4) is 17.0 Å². The predicted molar refractivity (Wildman–Crippen MR) is 110 cm³/mol. The predicted octanol–water partition coefficient (Wildman–Crippen LogP) is 3.25. The molecule has 0 aliphatic rings. The molecule has 0 aliphatic carbocycles. The Hall–Kier alpha value is -2.41. The van der Waals surface area contributed by atoms with Crippen molar-refractivity contribution in [2.45, 2.75) is 32.9 Å². The minimum absolute atomic E-state index is 0.00984. The molecule has 0 bridgehead atoms. The van der Waals surface area contributed by atoms with Crippen molar-refractivity contribution in [1.82, 2.24) is 9.38 Å². The van der Waals surface area contributed by atoms with Crippen LogP contribution in [0.5, 0.6) is 5.75 Å². The van der Waals surface area contributed by atoms with Crippen LogP contribution in [-0.4, -0.2) is 33.4 Å². The maximum absolute atomic E-state index is 12.3. The number of imidazole rings is 1. The van der Waals surface area contributed by atoms with Crippen LogP contribution in [0.2, 0.25) is 5.02 Å². The summed E-state index contributed by atoms with van der Waals surface area (Å²) < 4.78 is 7.08. The zero-order valence-electron chi connectivity index (χ0n) is 16.1. The Kier molecular flexibility index (Phi) is 6.03. The van der Waals surface area contributed by atoms with Crippen LogP contribution < -0.4 is 10.5 Å². The molecule has 6 nitrogen and oxygen atoms in total. The molecule has 3 rings (SSSR count). The molecule has 28 heavy (non-hydrogen) atoms. The number of carbonyl (C=O) groups excluding carboxylic acids is 1. The minimum atomic E-state index is -0.472. The highest BCUT2D eigenvalue weighted by Gasteiger charge is 2.18. The number of fused-ring (bicyclic) bond motifs is 1. The number of hydrogen-bond donors (Lipinski definition) is 2. The van der Waals surface area contributed by atoms with Gasteiger partial charge in [0.1, 0.15) is 11.4 Å². The molecule has 3 N–H and O–H groups in total. The molecule has 2 aromatic heterocycles. The lowest BCUT2D eigenvalue weighted by molar-refractivity contribution is -0.120. The quantitative estimate of drug-likeness (QED) is 0.634. The average molecular weight is 402 g/mol. The molecular formula is C21H24ClN3O3. The number of nitrogens with two attached hydrogens (primary N) is 1. The van der Waals surface area contributed by atoms with Gasteiger partial charge >= 0.3 is 0 Å². The highest BCUT2D eigenvalue weighted by atomic mass is 35.5. The van der Waals surface area contributed by atoms with Gasteiger partial charge < -0.3 is 20.0 Å². The van der Waals surface area contributed by atoms with Crippen LogP contribution in [0.3, 0.4) is 0 Å². The molecule has 0 saturated heterocycles. The number of aliphatic hydroxyl groups excluding tert-OH is 1. The normalized spacial score (nSPS) is 12.5. The smallest absolute Gasteiger partial charge is 0.154 e. The summed E-state index contributed by atoms with van der Waals surface area (Å²) in [5.74, 6) is 0.613. The van der Waals surface area contributed by atoms with E-state index in [-0.39, 0.29) is 24.7 Å². The van der Waals surface area contributed by atoms with E-state index < -0.39 is 6.04 Å². The van der Waals surface area contributed by atoms with E-state index in [9.17, 15) is 9.90 Å². The van der Waals surface area contributed by atoms with E-state index in [2.05, 4.69) is 4.98 Å². The number of halogens is 1. The summed E-state index contributed by atoms with van der Waals surface area (Å²) >= 11 is 6.25. The van der Waals surface area contributed by atoms with Crippen molar-refractivity contribution >= 4 is 23.0 Å². The molecule has 7 heteroatoms. The Morgan fingerprint density at radius 3 is 2.75 bits per heavy atom. The number of ketones is 1. The van der Waals surface area contributed by atoms with E-state index in [1.165, 1.54) is 7.11 Å². The number of ether oxygens (including phenoxy) is 1. The van der Waals surface area contributed by atoms with Crippen LogP contribution in [0.4, 0.5) is 0 Å². The lowest BCUT2D eigenvalue weighted by atomic mass is 9.96. The van der Waals surface area contributed by atoms with Gasteiger partial charge in [-0.1, -0.05) is 25.4 Å². The summed E-state index contributed by atoms with van der Waals surface area (Å²) in [6.07, 6.45) is 3.99. The molecule has 3 aromatic rings. The van der Waals surface area contributed by atoms with Gasteiger partial charge in [0.2, 0.25) is 0 Å². The SMILES string of the molecule is COc1cc(CO)c(-c2cn3ccc(CC(=O)[C@@H](N)C(C)C)cc3n2)cc1Cl. The molecule has 0 unspecified atom stereocenters. The van der Waals surface area contributed by atoms with E-state index in [1.807, 2.05) is 42.8 Å². The molecular weight excluding hydrogens is 378 g/mol. The van der Waals surface area contributed by atoms with E-state index in [1.54, 1.807) is 12.1 Å². The second-order valence-electron chi connectivity index (χ2n) is 7.14. The van der Waals surface area contributed by atoms with Crippen molar-refractivity contribution in [2.24, 2.45) is 11.7 Å². The van der Waals surface area contributed by atoms with Crippen LogP contribution in [0, 0.1) is 5.92 Å². The fourth-order valence-electron chi connectivity index (χ4n) is 3.08. The van der Waals surface area contributed by atoms with Crippen molar-refractivity contribution in [3.05, 3.63) is 52.8 Å². The molecule has 0 spiro atoms. The number of aliphatic hydroxyl groups is 1. The van der Waals surface area contributed by atoms with Crippen molar-refractivity contribution < 1.29 is 14.6 Å². The second kappa shape index (κ2) is 8.31. The molecule has 0 amide bonds. The number of rotatable bonds is 7. The summed E-state index contributed by atoms with van der Waals surface area (Å²) in [4.78, 5) is 16.9. The summed E-state index contributed by atoms with van der Waals surface area (Å²) in [5, 5.41) is 10.2. The first kappa shape index (κ1) is 20.3. The average Bonchev–Trinajstić information content (AvgIpc) is 3.10. The standard InChI is InChI=1S/C21H24ClN3O3/c1-12(2)21(23)18(27)6-13-4-5-25-10-17(24-20(25)7-13)15-9-16(22)19(28-3)8-14(15)11-26/h4-5,7-10,12,21,26H,6,11,23H2,1-3H3/t21-/m0/s1. The van der Waals surface area contributed by atoms with Crippen LogP contribution in [0.15, 0.2) is 36.7 Å². The van der Waals surface area contributed by atoms with E-state index >= 15 is 0 Å². The second-order valence-corrected chi connectivity index (χ2v) is 7.55. The van der Waals surface area contributed by atoms with E-state index in [4.69, 9.17) is 22.1 Å². The summed E-state index contributed by atoms with van der Waals surface area (Å²) in [6, 6.07) is 6.73. The fourth-order valence-corrected chi connectivity index (χ4v) is 3.32. The van der Waals surface area contributed by atoms with Gasteiger partial charge in [0.15, 0.2) is 5.78 Å². The monoisotopic (exact) mass is 401 g/mol. The van der Waals surface area contributed by atoms with Crippen molar-refractivity contribution in [1.29, 1.82) is 0 Å². The topological polar surface area (TPSA) is 89.9 Å². The molecule has 0 aliphatic heterocycles. The first-order valence-electron chi connectivity index (χ1n) is 9.07. The number of methoxy groups -OCH3 is 1. The Labute approximate surface area is 168 Å². The van der Waals surface area contributed by atoms with Gasteiger partial charge in [0.25, 0.3) is 0 Å². The zero-order chi connectivity index (χ0) is 20.4. The number of benzene rings is 1. The number of hydrogen-bond acceptors (Lipinski definition) is 5. The third kappa shape index (κ3) is 4.04. The maximum Gasteiger partial charge on any atom is 0.154 e. The van der Waals surface area contributed by atoms with E-state index in [0.717, 1.165) is 11.1 Å². The molecule has 2 heterocycles. The molecule has 0 fully saturated rings. The van der Waals surface area contributed by atoms with Gasteiger partial charge in [0.05, 0.1) is 30.5 Å². The van der Waals surface area contributed by atoms with Crippen molar-refractivity contribution in [3.63, 3.8) is 0 Å². The van der Waals surface area contributed by atoms with Crippen molar-refractivity contribution in [2.75, 3.05) is 7.11 Å². The number of Topliss-reactive ketones (excluding diaryl/α,β-unsaturated/α-hetero) is 1. The zero-order valence-corrected chi connectivity index (χ0v) is 16.9. The number of pyridine rings is 1. The summed E-state index contributed by atoms with van der Waals surface area (Å²) in [7, 11) is 1.53. The van der Waals surface area contributed by atoms with Gasteiger partial charge in [-0.05, 0) is 41.3 Å². The van der Waals surface area contributed by atoms with Crippen LogP contribution in [0.1, 0.15) is 25.0 Å². The Morgan fingerprint density at radius 2 is 2.11 bits per heavy atom. The first-order valence-corrected chi connectivity index (χ1v) is 9.45. The van der Waals surface area contributed by atoms with Crippen LogP contribution in [-0.2, 0) is 17.8 Å².